The number of hydrogen-bond donors (Lipinski definition) is 1. The lowest BCUT2D eigenvalue weighted by Gasteiger charge is -2.33. The molecule has 1 saturated heterocycles. The lowest BCUT2D eigenvalue weighted by Crippen LogP contribution is -2.47. The quantitative estimate of drug-likeness (QED) is 0.926. The SMILES string of the molecule is O=C(NCc1ccc(Cl)cn1)N1CCO[C@@H](c2cccc(F)c2)C1. The van der Waals surface area contributed by atoms with Gasteiger partial charge < -0.3 is 15.0 Å². The average molecular weight is 350 g/mol. The fourth-order valence-corrected chi connectivity index (χ4v) is 2.64. The molecule has 24 heavy (non-hydrogen) atoms. The Balaban J connectivity index is 1.57. The van der Waals surface area contributed by atoms with Gasteiger partial charge in [0.25, 0.3) is 0 Å². The normalized spacial score (nSPS) is 17.6. The Morgan fingerprint density at radius 2 is 2.29 bits per heavy atom. The third kappa shape index (κ3) is 4.21. The summed E-state index contributed by atoms with van der Waals surface area (Å²) in [6.07, 6.45) is 1.21. The number of carbonyl (C=O) groups excluding carboxylic acids is 1. The van der Waals surface area contributed by atoms with Gasteiger partial charge in [-0.25, -0.2) is 9.18 Å². The van der Waals surface area contributed by atoms with Crippen molar-refractivity contribution in [3.05, 3.63) is 64.7 Å². The molecule has 1 fully saturated rings. The lowest BCUT2D eigenvalue weighted by atomic mass is 10.1. The number of halogens is 2. The monoisotopic (exact) mass is 349 g/mol. The summed E-state index contributed by atoms with van der Waals surface area (Å²) in [5.41, 5.74) is 1.45. The van der Waals surface area contributed by atoms with Crippen LogP contribution in [0.15, 0.2) is 42.6 Å². The number of carbonyl (C=O) groups is 1. The zero-order valence-corrected chi connectivity index (χ0v) is 13.7. The molecule has 0 radical (unpaired) electrons. The van der Waals surface area contributed by atoms with Crippen LogP contribution in [-0.4, -0.2) is 35.6 Å². The van der Waals surface area contributed by atoms with Gasteiger partial charge in [0, 0.05) is 12.7 Å². The van der Waals surface area contributed by atoms with E-state index in [1.807, 2.05) is 0 Å². The summed E-state index contributed by atoms with van der Waals surface area (Å²) in [5, 5.41) is 3.38. The van der Waals surface area contributed by atoms with Gasteiger partial charge in [0.2, 0.25) is 0 Å². The number of amides is 2. The molecule has 2 aromatic rings. The van der Waals surface area contributed by atoms with E-state index >= 15 is 0 Å². The first-order chi connectivity index (χ1) is 11.6. The molecule has 126 valence electrons. The van der Waals surface area contributed by atoms with Crippen LogP contribution in [-0.2, 0) is 11.3 Å². The largest absolute Gasteiger partial charge is 0.370 e. The number of ether oxygens (including phenoxy) is 1. The second kappa shape index (κ2) is 7.59. The van der Waals surface area contributed by atoms with Crippen molar-refractivity contribution < 1.29 is 13.9 Å². The topological polar surface area (TPSA) is 54.5 Å². The Morgan fingerprint density at radius 1 is 1.42 bits per heavy atom. The molecular formula is C17H17ClFN3O2. The molecule has 1 aromatic heterocycles. The molecule has 0 spiro atoms. The van der Waals surface area contributed by atoms with Gasteiger partial charge in [-0.1, -0.05) is 23.7 Å². The third-order valence-electron chi connectivity index (χ3n) is 3.78. The van der Waals surface area contributed by atoms with Crippen LogP contribution in [0.4, 0.5) is 9.18 Å². The van der Waals surface area contributed by atoms with Gasteiger partial charge in [-0.3, -0.25) is 4.98 Å². The Kier molecular flexibility index (Phi) is 5.27. The highest BCUT2D eigenvalue weighted by Gasteiger charge is 2.25. The zero-order chi connectivity index (χ0) is 16.9. The average Bonchev–Trinajstić information content (AvgIpc) is 2.61. The smallest absolute Gasteiger partial charge is 0.317 e. The van der Waals surface area contributed by atoms with Gasteiger partial charge in [-0.15, -0.1) is 0 Å². The van der Waals surface area contributed by atoms with Crippen LogP contribution in [0.2, 0.25) is 5.02 Å². The van der Waals surface area contributed by atoms with Crippen molar-refractivity contribution in [2.75, 3.05) is 19.7 Å². The summed E-state index contributed by atoms with van der Waals surface area (Å²) in [6, 6.07) is 9.55. The Hall–Kier alpha value is -2.18. The highest BCUT2D eigenvalue weighted by atomic mass is 35.5. The highest BCUT2D eigenvalue weighted by Crippen LogP contribution is 2.22. The number of nitrogens with zero attached hydrogens (tertiary/aromatic N) is 2. The van der Waals surface area contributed by atoms with Gasteiger partial charge in [0.1, 0.15) is 11.9 Å². The van der Waals surface area contributed by atoms with Crippen LogP contribution in [0.5, 0.6) is 0 Å². The second-order valence-corrected chi connectivity index (χ2v) is 5.92. The van der Waals surface area contributed by atoms with Crippen LogP contribution in [0.1, 0.15) is 17.4 Å². The molecule has 1 atom stereocenters. The van der Waals surface area contributed by atoms with Crippen molar-refractivity contribution in [1.82, 2.24) is 15.2 Å². The molecule has 5 nitrogen and oxygen atoms in total. The minimum Gasteiger partial charge on any atom is -0.370 e. The summed E-state index contributed by atoms with van der Waals surface area (Å²) in [5.74, 6) is -0.313. The molecule has 0 bridgehead atoms. The van der Waals surface area contributed by atoms with Gasteiger partial charge >= 0.3 is 6.03 Å². The molecular weight excluding hydrogens is 333 g/mol. The Labute approximate surface area is 144 Å². The summed E-state index contributed by atoms with van der Waals surface area (Å²) < 4.78 is 19.0. The van der Waals surface area contributed by atoms with Crippen molar-refractivity contribution >= 4 is 17.6 Å². The standard InChI is InChI=1S/C17H17ClFN3O2/c18-13-4-5-15(20-9-13)10-21-17(23)22-6-7-24-16(11-22)12-2-1-3-14(19)8-12/h1-5,8-9,16H,6-7,10-11H2,(H,21,23)/t16-/m1/s1. The maximum absolute atomic E-state index is 13.3. The molecule has 7 heteroatoms. The number of aromatic nitrogens is 1. The van der Waals surface area contributed by atoms with E-state index in [4.69, 9.17) is 16.3 Å². The Morgan fingerprint density at radius 3 is 3.04 bits per heavy atom. The predicted molar refractivity (Wildman–Crippen MR) is 88.1 cm³/mol. The summed E-state index contributed by atoms with van der Waals surface area (Å²) in [4.78, 5) is 18.1. The molecule has 1 N–H and O–H groups in total. The van der Waals surface area contributed by atoms with E-state index in [0.717, 1.165) is 11.3 Å². The fourth-order valence-electron chi connectivity index (χ4n) is 2.53. The van der Waals surface area contributed by atoms with Gasteiger partial charge in [-0.2, -0.15) is 0 Å². The van der Waals surface area contributed by atoms with Gasteiger partial charge in [-0.05, 0) is 29.8 Å². The van der Waals surface area contributed by atoms with Crippen molar-refractivity contribution in [2.45, 2.75) is 12.6 Å². The van der Waals surface area contributed by atoms with E-state index in [-0.39, 0.29) is 18.0 Å². The summed E-state index contributed by atoms with van der Waals surface area (Å²) in [7, 11) is 0. The number of morpholine rings is 1. The number of hydrogen-bond acceptors (Lipinski definition) is 3. The maximum atomic E-state index is 13.3. The first kappa shape index (κ1) is 16.7. The summed E-state index contributed by atoms with van der Waals surface area (Å²) in [6.45, 7) is 1.60. The number of benzene rings is 1. The van der Waals surface area contributed by atoms with E-state index in [1.165, 1.54) is 18.3 Å². The van der Waals surface area contributed by atoms with E-state index in [1.54, 1.807) is 29.2 Å². The van der Waals surface area contributed by atoms with Crippen molar-refractivity contribution in [1.29, 1.82) is 0 Å². The zero-order valence-electron chi connectivity index (χ0n) is 12.9. The van der Waals surface area contributed by atoms with E-state index in [0.29, 0.717) is 31.3 Å². The summed E-state index contributed by atoms with van der Waals surface area (Å²) >= 11 is 5.78. The molecule has 0 saturated carbocycles. The van der Waals surface area contributed by atoms with E-state index in [2.05, 4.69) is 10.3 Å². The first-order valence-corrected chi connectivity index (χ1v) is 8.00. The molecule has 1 aliphatic rings. The molecule has 1 aliphatic heterocycles. The molecule has 1 aromatic carbocycles. The van der Waals surface area contributed by atoms with Crippen LogP contribution < -0.4 is 5.32 Å². The van der Waals surface area contributed by atoms with Crippen molar-refractivity contribution in [3.8, 4) is 0 Å². The lowest BCUT2D eigenvalue weighted by molar-refractivity contribution is -0.0156. The van der Waals surface area contributed by atoms with Crippen LogP contribution in [0.25, 0.3) is 0 Å². The Bertz CT molecular complexity index is 711. The number of pyridine rings is 1. The molecule has 0 aliphatic carbocycles. The maximum Gasteiger partial charge on any atom is 0.317 e. The number of nitrogens with one attached hydrogen (secondary N) is 1. The highest BCUT2D eigenvalue weighted by molar-refractivity contribution is 6.30. The number of rotatable bonds is 3. The van der Waals surface area contributed by atoms with Crippen LogP contribution >= 0.6 is 11.6 Å². The predicted octanol–water partition coefficient (Wildman–Crippen LogP) is 3.16. The molecule has 0 unspecified atom stereocenters. The molecule has 2 amide bonds. The van der Waals surface area contributed by atoms with Gasteiger partial charge in [0.05, 0.1) is 30.4 Å². The van der Waals surface area contributed by atoms with Crippen molar-refractivity contribution in [3.63, 3.8) is 0 Å². The van der Waals surface area contributed by atoms with Crippen LogP contribution in [0.3, 0.4) is 0 Å². The van der Waals surface area contributed by atoms with Gasteiger partial charge in [0.15, 0.2) is 0 Å². The molecule has 3 rings (SSSR count). The van der Waals surface area contributed by atoms with E-state index in [9.17, 15) is 9.18 Å². The molecule has 2 heterocycles. The third-order valence-corrected chi connectivity index (χ3v) is 4.01. The minimum atomic E-state index is -0.325. The first-order valence-electron chi connectivity index (χ1n) is 7.62. The minimum absolute atomic E-state index is 0.198. The van der Waals surface area contributed by atoms with Crippen LogP contribution in [0, 0.1) is 5.82 Å². The second-order valence-electron chi connectivity index (χ2n) is 5.49. The van der Waals surface area contributed by atoms with E-state index < -0.39 is 0 Å². The fraction of sp³-hybridized carbons (Fsp3) is 0.294. The number of urea groups is 1. The van der Waals surface area contributed by atoms with Crippen molar-refractivity contribution in [2.24, 2.45) is 0 Å².